The lowest BCUT2D eigenvalue weighted by Gasteiger charge is -2.11. The molecule has 0 bridgehead atoms. The van der Waals surface area contributed by atoms with E-state index in [1.807, 2.05) is 0 Å². The molecule has 1 heterocycles. The van der Waals surface area contributed by atoms with Crippen molar-refractivity contribution in [3.8, 4) is 28.7 Å². The van der Waals surface area contributed by atoms with Crippen molar-refractivity contribution in [1.82, 2.24) is 0 Å². The van der Waals surface area contributed by atoms with Crippen LogP contribution in [0.25, 0.3) is 0 Å². The second-order valence-corrected chi connectivity index (χ2v) is 7.40. The van der Waals surface area contributed by atoms with E-state index in [9.17, 15) is 19.2 Å². The molecule has 0 amide bonds. The average molecular weight is 476 g/mol. The minimum atomic E-state index is -1.01. The molecule has 35 heavy (non-hydrogen) atoms. The van der Waals surface area contributed by atoms with Gasteiger partial charge in [-0.3, -0.25) is 19.2 Å². The number of rotatable bonds is 9. The van der Waals surface area contributed by atoms with Gasteiger partial charge < -0.3 is 23.7 Å². The van der Waals surface area contributed by atoms with E-state index in [2.05, 4.69) is 0 Å². The summed E-state index contributed by atoms with van der Waals surface area (Å²) in [5.41, 5.74) is -0.476. The second-order valence-electron chi connectivity index (χ2n) is 7.40. The topological polar surface area (TPSA) is 114 Å². The van der Waals surface area contributed by atoms with E-state index >= 15 is 0 Å². The summed E-state index contributed by atoms with van der Waals surface area (Å²) in [5.74, 6) is -2.30. The lowest BCUT2D eigenvalue weighted by Crippen LogP contribution is -2.22. The van der Waals surface area contributed by atoms with E-state index in [1.54, 1.807) is 6.07 Å². The number of benzene rings is 3. The first kappa shape index (κ1) is 23.5. The largest absolute Gasteiger partial charge is 0.497 e. The van der Waals surface area contributed by atoms with E-state index in [0.29, 0.717) is 17.2 Å². The zero-order chi connectivity index (χ0) is 25.1. The van der Waals surface area contributed by atoms with Gasteiger partial charge in [0.05, 0.1) is 21.3 Å². The monoisotopic (exact) mass is 476 g/mol. The van der Waals surface area contributed by atoms with Gasteiger partial charge in [-0.25, -0.2) is 0 Å². The highest BCUT2D eigenvalue weighted by atomic mass is 16.7. The van der Waals surface area contributed by atoms with Crippen LogP contribution in [0.5, 0.6) is 28.7 Å². The van der Waals surface area contributed by atoms with Crippen LogP contribution >= 0.6 is 0 Å². The molecule has 1 aliphatic rings. The molecule has 0 radical (unpaired) electrons. The number of methoxy groups -OCH3 is 3. The Morgan fingerprint density at radius 3 is 1.49 bits per heavy atom. The van der Waals surface area contributed by atoms with E-state index < -0.39 is 23.1 Å². The molecule has 9 nitrogen and oxygen atoms in total. The standard InChI is InChI=1S/C26H20O9/c1-31-16-6-4-14(5-7-16)23(27)25(29)19-11-21-22(35-13-34-21)12-20(19)26(30)24(28)15-8-17(32-2)10-18(9-15)33-3/h4-12H,13H2,1-3H3. The molecule has 0 atom stereocenters. The second kappa shape index (κ2) is 9.68. The lowest BCUT2D eigenvalue weighted by molar-refractivity contribution is 0.0800. The Labute approximate surface area is 200 Å². The summed E-state index contributed by atoms with van der Waals surface area (Å²) < 4.78 is 26.0. The van der Waals surface area contributed by atoms with Crippen LogP contribution in [0, 0.1) is 0 Å². The van der Waals surface area contributed by atoms with Gasteiger partial charge in [-0.2, -0.15) is 0 Å². The van der Waals surface area contributed by atoms with Crippen LogP contribution in [0.2, 0.25) is 0 Å². The minimum absolute atomic E-state index is 0.0104. The van der Waals surface area contributed by atoms with E-state index in [-0.39, 0.29) is 40.5 Å². The Balaban J connectivity index is 1.75. The molecule has 4 rings (SSSR count). The molecule has 0 saturated heterocycles. The van der Waals surface area contributed by atoms with Gasteiger partial charge in [-0.05, 0) is 48.5 Å². The first-order valence-electron chi connectivity index (χ1n) is 10.3. The maximum Gasteiger partial charge on any atom is 0.234 e. The third-order valence-corrected chi connectivity index (χ3v) is 5.38. The Morgan fingerprint density at radius 1 is 0.571 bits per heavy atom. The fourth-order valence-corrected chi connectivity index (χ4v) is 3.51. The molecule has 0 unspecified atom stereocenters. The fourth-order valence-electron chi connectivity index (χ4n) is 3.51. The van der Waals surface area contributed by atoms with Gasteiger partial charge in [0.2, 0.25) is 29.9 Å². The predicted octanol–water partition coefficient (Wildman–Crippen LogP) is 3.57. The molecule has 178 valence electrons. The van der Waals surface area contributed by atoms with Crippen LogP contribution in [0.1, 0.15) is 41.4 Å². The maximum absolute atomic E-state index is 13.3. The number of carbonyl (C=O) groups excluding carboxylic acids is 4. The molecule has 0 saturated carbocycles. The molecule has 9 heteroatoms. The van der Waals surface area contributed by atoms with Gasteiger partial charge in [0.15, 0.2) is 11.5 Å². The third kappa shape index (κ3) is 4.56. The zero-order valence-electron chi connectivity index (χ0n) is 19.1. The quantitative estimate of drug-likeness (QED) is 0.338. The third-order valence-electron chi connectivity index (χ3n) is 5.38. The number of ether oxygens (including phenoxy) is 5. The van der Waals surface area contributed by atoms with Crippen molar-refractivity contribution in [2.45, 2.75) is 0 Å². The van der Waals surface area contributed by atoms with Crippen LogP contribution in [0.4, 0.5) is 0 Å². The summed E-state index contributed by atoms with van der Waals surface area (Å²) in [4.78, 5) is 52.6. The predicted molar refractivity (Wildman–Crippen MR) is 122 cm³/mol. The number of fused-ring (bicyclic) bond motifs is 1. The molecule has 3 aromatic rings. The van der Waals surface area contributed by atoms with Gasteiger partial charge in [-0.15, -0.1) is 0 Å². The number of ketones is 4. The molecule has 0 aromatic heterocycles. The summed E-state index contributed by atoms with van der Waals surface area (Å²) in [5, 5.41) is 0. The summed E-state index contributed by atoms with van der Waals surface area (Å²) in [6, 6.07) is 12.7. The SMILES string of the molecule is COc1ccc(C(=O)C(=O)c2cc3c(cc2C(=O)C(=O)c2cc(OC)cc(OC)c2)OCO3)cc1. The first-order valence-corrected chi connectivity index (χ1v) is 10.3. The number of Topliss-reactive ketones (excluding diaryl/α,β-unsaturated/α-hetero) is 4. The van der Waals surface area contributed by atoms with Crippen molar-refractivity contribution in [3.63, 3.8) is 0 Å². The number of carbonyl (C=O) groups is 4. The van der Waals surface area contributed by atoms with Crippen molar-refractivity contribution in [3.05, 3.63) is 76.9 Å². The van der Waals surface area contributed by atoms with Gasteiger partial charge >= 0.3 is 0 Å². The van der Waals surface area contributed by atoms with Gasteiger partial charge in [0.1, 0.15) is 17.2 Å². The van der Waals surface area contributed by atoms with Crippen LogP contribution < -0.4 is 23.7 Å². The van der Waals surface area contributed by atoms with Crippen LogP contribution in [0.3, 0.4) is 0 Å². The van der Waals surface area contributed by atoms with E-state index in [1.165, 1.54) is 69.9 Å². The van der Waals surface area contributed by atoms with Crippen molar-refractivity contribution in [1.29, 1.82) is 0 Å². The lowest BCUT2D eigenvalue weighted by atomic mass is 9.92. The normalized spacial score (nSPS) is 11.5. The maximum atomic E-state index is 13.3. The minimum Gasteiger partial charge on any atom is -0.497 e. The summed E-state index contributed by atoms with van der Waals surface area (Å²) in [7, 11) is 4.29. The molecule has 3 aromatic carbocycles. The Bertz CT molecular complexity index is 1320. The first-order chi connectivity index (χ1) is 16.9. The Morgan fingerprint density at radius 2 is 1.03 bits per heavy atom. The summed E-state index contributed by atoms with van der Waals surface area (Å²) in [6.07, 6.45) is 0. The highest BCUT2D eigenvalue weighted by molar-refractivity contribution is 6.54. The molecular weight excluding hydrogens is 456 g/mol. The molecular formula is C26H20O9. The van der Waals surface area contributed by atoms with E-state index in [0.717, 1.165) is 0 Å². The smallest absolute Gasteiger partial charge is 0.234 e. The highest BCUT2D eigenvalue weighted by Gasteiger charge is 2.31. The van der Waals surface area contributed by atoms with Crippen LogP contribution in [-0.4, -0.2) is 51.3 Å². The number of hydrogen-bond donors (Lipinski definition) is 0. The Kier molecular flexibility index (Phi) is 6.50. The molecule has 0 spiro atoms. The van der Waals surface area contributed by atoms with Gasteiger partial charge in [-0.1, -0.05) is 0 Å². The molecule has 0 N–H and O–H groups in total. The van der Waals surface area contributed by atoms with Crippen molar-refractivity contribution >= 4 is 23.1 Å². The molecule has 1 aliphatic heterocycles. The number of hydrogen-bond acceptors (Lipinski definition) is 9. The van der Waals surface area contributed by atoms with Crippen molar-refractivity contribution in [2.24, 2.45) is 0 Å². The molecule has 0 aliphatic carbocycles. The van der Waals surface area contributed by atoms with Crippen LogP contribution in [0.15, 0.2) is 54.6 Å². The zero-order valence-corrected chi connectivity index (χ0v) is 19.1. The average Bonchev–Trinajstić information content (AvgIpc) is 3.38. The van der Waals surface area contributed by atoms with Gasteiger partial charge in [0.25, 0.3) is 0 Å². The summed E-state index contributed by atoms with van der Waals surface area (Å²) >= 11 is 0. The highest BCUT2D eigenvalue weighted by Crippen LogP contribution is 2.36. The van der Waals surface area contributed by atoms with Gasteiger partial charge in [0, 0.05) is 28.3 Å². The fraction of sp³-hybridized carbons (Fsp3) is 0.154. The van der Waals surface area contributed by atoms with Crippen molar-refractivity contribution in [2.75, 3.05) is 28.1 Å². The molecule has 0 fully saturated rings. The Hall–Kier alpha value is -4.66. The van der Waals surface area contributed by atoms with E-state index in [4.69, 9.17) is 23.7 Å². The van der Waals surface area contributed by atoms with Crippen LogP contribution in [-0.2, 0) is 0 Å². The van der Waals surface area contributed by atoms with Crippen molar-refractivity contribution < 1.29 is 42.9 Å². The summed E-state index contributed by atoms with van der Waals surface area (Å²) in [6.45, 7) is -0.131.